The van der Waals surface area contributed by atoms with Gasteiger partial charge < -0.3 is 14.8 Å². The number of hydrogen-bond acceptors (Lipinski definition) is 5. The minimum absolute atomic E-state index is 0.124. The number of unbranched alkanes of at least 4 members (excludes halogenated alkanes) is 1. The second-order valence-corrected chi connectivity index (χ2v) is 8.48. The summed E-state index contributed by atoms with van der Waals surface area (Å²) in [5.74, 6) is 0.766. The molecular formula is C20H26N2O5S. The van der Waals surface area contributed by atoms with Gasteiger partial charge in [-0.15, -0.1) is 0 Å². The van der Waals surface area contributed by atoms with E-state index in [0.717, 1.165) is 17.1 Å². The number of methoxy groups -OCH3 is 1. The summed E-state index contributed by atoms with van der Waals surface area (Å²) in [6.45, 7) is 2.61. The summed E-state index contributed by atoms with van der Waals surface area (Å²) >= 11 is 0. The Balaban J connectivity index is 2.22. The van der Waals surface area contributed by atoms with E-state index in [1.165, 1.54) is 38.4 Å². The average molecular weight is 407 g/mol. The van der Waals surface area contributed by atoms with Gasteiger partial charge in [-0.05, 0) is 42.8 Å². The minimum atomic E-state index is -3.54. The van der Waals surface area contributed by atoms with Crippen molar-refractivity contribution in [3.05, 3.63) is 48.0 Å². The third-order valence-corrected chi connectivity index (χ3v) is 5.91. The molecule has 0 saturated carbocycles. The first-order valence-corrected chi connectivity index (χ1v) is 10.4. The highest BCUT2D eigenvalue weighted by Gasteiger charge is 2.18. The Morgan fingerprint density at radius 2 is 1.79 bits per heavy atom. The number of amides is 1. The molecule has 0 spiro atoms. The van der Waals surface area contributed by atoms with Crippen LogP contribution in [0.3, 0.4) is 0 Å². The van der Waals surface area contributed by atoms with Crippen molar-refractivity contribution in [3.63, 3.8) is 0 Å². The van der Waals surface area contributed by atoms with Crippen LogP contribution >= 0.6 is 0 Å². The molecule has 0 bridgehead atoms. The van der Waals surface area contributed by atoms with Crippen LogP contribution in [0.15, 0.2) is 47.4 Å². The number of sulfonamides is 1. The van der Waals surface area contributed by atoms with E-state index in [4.69, 9.17) is 9.47 Å². The summed E-state index contributed by atoms with van der Waals surface area (Å²) in [5, 5.41) is 2.81. The second-order valence-electron chi connectivity index (χ2n) is 6.33. The van der Waals surface area contributed by atoms with Crippen molar-refractivity contribution in [2.45, 2.75) is 24.7 Å². The number of nitrogens with zero attached hydrogens (tertiary/aromatic N) is 1. The molecule has 1 N–H and O–H groups in total. The van der Waals surface area contributed by atoms with Gasteiger partial charge in [-0.25, -0.2) is 12.7 Å². The van der Waals surface area contributed by atoms with Crippen molar-refractivity contribution in [2.75, 3.05) is 33.1 Å². The molecule has 2 aromatic carbocycles. The second kappa shape index (κ2) is 9.57. The number of carbonyl (C=O) groups is 1. The van der Waals surface area contributed by atoms with Gasteiger partial charge >= 0.3 is 0 Å². The molecule has 0 aliphatic heterocycles. The highest BCUT2D eigenvalue weighted by Crippen LogP contribution is 2.30. The summed E-state index contributed by atoms with van der Waals surface area (Å²) in [6.07, 6.45) is 1.90. The Hall–Kier alpha value is -2.58. The summed E-state index contributed by atoms with van der Waals surface area (Å²) in [7, 11) is 0.917. The van der Waals surface area contributed by atoms with Crippen LogP contribution < -0.4 is 14.8 Å². The summed E-state index contributed by atoms with van der Waals surface area (Å²) < 4.78 is 36.4. The molecule has 0 fully saturated rings. The molecule has 1 amide bonds. The zero-order valence-corrected chi connectivity index (χ0v) is 17.4. The van der Waals surface area contributed by atoms with Gasteiger partial charge in [0.25, 0.3) is 5.91 Å². The number of ether oxygens (including phenoxy) is 2. The third kappa shape index (κ3) is 5.24. The number of benzene rings is 2. The van der Waals surface area contributed by atoms with Crippen LogP contribution in [0.2, 0.25) is 0 Å². The number of nitrogens with one attached hydrogen (secondary N) is 1. The zero-order chi connectivity index (χ0) is 20.7. The van der Waals surface area contributed by atoms with Crippen LogP contribution in [0.1, 0.15) is 30.1 Å². The molecule has 7 nitrogen and oxygen atoms in total. The molecule has 152 valence electrons. The van der Waals surface area contributed by atoms with E-state index in [9.17, 15) is 13.2 Å². The standard InChI is InChI=1S/C20H26N2O5S/c1-5-6-13-27-19-12-9-16(26-4)14-18(19)21-20(23)15-7-10-17(11-8-15)28(24,25)22(2)3/h7-12,14H,5-6,13H2,1-4H3,(H,21,23). The van der Waals surface area contributed by atoms with E-state index >= 15 is 0 Å². The van der Waals surface area contributed by atoms with E-state index in [1.54, 1.807) is 25.3 Å². The van der Waals surface area contributed by atoms with Crippen molar-refractivity contribution in [1.82, 2.24) is 4.31 Å². The van der Waals surface area contributed by atoms with Crippen molar-refractivity contribution in [3.8, 4) is 11.5 Å². The number of hydrogen-bond donors (Lipinski definition) is 1. The summed E-state index contributed by atoms with van der Waals surface area (Å²) in [6, 6.07) is 11.0. The molecule has 8 heteroatoms. The fourth-order valence-corrected chi connectivity index (χ4v) is 3.27. The normalized spacial score (nSPS) is 11.3. The van der Waals surface area contributed by atoms with Gasteiger partial charge in [0.05, 0.1) is 24.3 Å². The number of rotatable bonds is 9. The Bertz CT molecular complexity index is 909. The smallest absolute Gasteiger partial charge is 0.255 e. The zero-order valence-electron chi connectivity index (χ0n) is 16.6. The molecular weight excluding hydrogens is 380 g/mol. The SMILES string of the molecule is CCCCOc1ccc(OC)cc1NC(=O)c1ccc(S(=O)(=O)N(C)C)cc1. The van der Waals surface area contributed by atoms with E-state index in [-0.39, 0.29) is 10.8 Å². The van der Waals surface area contributed by atoms with Crippen molar-refractivity contribution >= 4 is 21.6 Å². The van der Waals surface area contributed by atoms with E-state index in [2.05, 4.69) is 12.2 Å². The highest BCUT2D eigenvalue weighted by molar-refractivity contribution is 7.89. The lowest BCUT2D eigenvalue weighted by atomic mass is 10.2. The van der Waals surface area contributed by atoms with Crippen LogP contribution in [-0.4, -0.2) is 46.4 Å². The first kappa shape index (κ1) is 21.7. The Morgan fingerprint density at radius 1 is 1.11 bits per heavy atom. The van der Waals surface area contributed by atoms with E-state index in [1.807, 2.05) is 0 Å². The summed E-state index contributed by atoms with van der Waals surface area (Å²) in [5.41, 5.74) is 0.825. The van der Waals surface area contributed by atoms with Gasteiger partial charge in [0.15, 0.2) is 0 Å². The lowest BCUT2D eigenvalue weighted by Gasteiger charge is -2.14. The van der Waals surface area contributed by atoms with Crippen LogP contribution in [0.25, 0.3) is 0 Å². The van der Waals surface area contributed by atoms with Crippen LogP contribution in [0.4, 0.5) is 5.69 Å². The quantitative estimate of drug-likeness (QED) is 0.646. The van der Waals surface area contributed by atoms with Crippen molar-refractivity contribution < 1.29 is 22.7 Å². The number of anilines is 1. The van der Waals surface area contributed by atoms with E-state index in [0.29, 0.717) is 29.4 Å². The van der Waals surface area contributed by atoms with E-state index < -0.39 is 10.0 Å². The van der Waals surface area contributed by atoms with Crippen LogP contribution in [0, 0.1) is 0 Å². The van der Waals surface area contributed by atoms with Gasteiger partial charge in [-0.2, -0.15) is 0 Å². The molecule has 0 atom stereocenters. The molecule has 2 rings (SSSR count). The Morgan fingerprint density at radius 3 is 2.36 bits per heavy atom. The Kier molecular flexibility index (Phi) is 7.42. The highest BCUT2D eigenvalue weighted by atomic mass is 32.2. The van der Waals surface area contributed by atoms with Crippen LogP contribution in [0.5, 0.6) is 11.5 Å². The predicted octanol–water partition coefficient (Wildman–Crippen LogP) is 3.38. The van der Waals surface area contributed by atoms with Crippen molar-refractivity contribution in [2.24, 2.45) is 0 Å². The molecule has 2 aromatic rings. The topological polar surface area (TPSA) is 84.9 Å². The predicted molar refractivity (Wildman–Crippen MR) is 109 cm³/mol. The minimum Gasteiger partial charge on any atom is -0.497 e. The molecule has 0 aliphatic carbocycles. The molecule has 0 unspecified atom stereocenters. The van der Waals surface area contributed by atoms with Gasteiger partial charge in [0, 0.05) is 25.7 Å². The molecule has 0 radical (unpaired) electrons. The largest absolute Gasteiger partial charge is 0.497 e. The maximum atomic E-state index is 12.6. The molecule has 28 heavy (non-hydrogen) atoms. The number of carbonyl (C=O) groups excluding carboxylic acids is 1. The molecule has 0 heterocycles. The van der Waals surface area contributed by atoms with Crippen LogP contribution in [-0.2, 0) is 10.0 Å². The van der Waals surface area contributed by atoms with Crippen molar-refractivity contribution in [1.29, 1.82) is 0 Å². The summed E-state index contributed by atoms with van der Waals surface area (Å²) in [4.78, 5) is 12.7. The van der Waals surface area contributed by atoms with Gasteiger partial charge in [0.2, 0.25) is 10.0 Å². The third-order valence-electron chi connectivity index (χ3n) is 4.09. The fraction of sp³-hybridized carbons (Fsp3) is 0.350. The molecule has 0 saturated heterocycles. The fourth-order valence-electron chi connectivity index (χ4n) is 2.37. The van der Waals surface area contributed by atoms with Gasteiger partial charge in [-0.1, -0.05) is 13.3 Å². The maximum absolute atomic E-state index is 12.6. The lowest BCUT2D eigenvalue weighted by Crippen LogP contribution is -2.22. The molecule has 0 aliphatic rings. The maximum Gasteiger partial charge on any atom is 0.255 e. The first-order valence-electron chi connectivity index (χ1n) is 8.94. The average Bonchev–Trinajstić information content (AvgIpc) is 2.69. The monoisotopic (exact) mass is 406 g/mol. The lowest BCUT2D eigenvalue weighted by molar-refractivity contribution is 0.102. The van der Waals surface area contributed by atoms with Gasteiger partial charge in [-0.3, -0.25) is 4.79 Å². The first-order chi connectivity index (χ1) is 13.3. The molecule has 0 aromatic heterocycles. The van der Waals surface area contributed by atoms with Gasteiger partial charge in [0.1, 0.15) is 11.5 Å². The Labute approximate surface area is 166 Å².